The Morgan fingerprint density at radius 3 is 2.17 bits per heavy atom. The van der Waals surface area contributed by atoms with Gasteiger partial charge in [-0.3, -0.25) is 0 Å². The molecule has 0 bridgehead atoms. The topological polar surface area (TPSA) is 96.0 Å². The summed E-state index contributed by atoms with van der Waals surface area (Å²) in [5.41, 5.74) is 1.40. The summed E-state index contributed by atoms with van der Waals surface area (Å²) in [7, 11) is -5.90. The molecule has 0 saturated carbocycles. The van der Waals surface area contributed by atoms with Gasteiger partial charge in [0.2, 0.25) is 20.0 Å². The van der Waals surface area contributed by atoms with E-state index in [0.717, 1.165) is 5.56 Å². The number of hydrogen-bond donors (Lipinski definition) is 1. The van der Waals surface area contributed by atoms with E-state index in [2.05, 4.69) is 4.72 Å². The van der Waals surface area contributed by atoms with E-state index < -0.39 is 20.0 Å². The molecule has 8 nitrogen and oxygen atoms in total. The lowest BCUT2D eigenvalue weighted by molar-refractivity contribution is 0.378. The van der Waals surface area contributed by atoms with Crippen LogP contribution in [0.15, 0.2) is 82.6 Å². The van der Waals surface area contributed by atoms with E-state index in [4.69, 9.17) is 4.74 Å². The summed E-state index contributed by atoms with van der Waals surface area (Å²) >= 11 is 0. The lowest BCUT2D eigenvalue weighted by Crippen LogP contribution is -2.48. The third-order valence-electron chi connectivity index (χ3n) is 6.04. The zero-order valence-corrected chi connectivity index (χ0v) is 21.4. The summed E-state index contributed by atoms with van der Waals surface area (Å²) in [6.45, 7) is 1.43. The molecule has 0 spiro atoms. The first-order valence-electron chi connectivity index (χ1n) is 11.4. The second kappa shape index (κ2) is 11.0. The molecule has 3 aromatic rings. The van der Waals surface area contributed by atoms with Crippen molar-refractivity contribution < 1.29 is 26.0 Å². The van der Waals surface area contributed by atoms with Crippen LogP contribution in [0.5, 0.6) is 5.75 Å². The third-order valence-corrected chi connectivity index (χ3v) is 9.41. The molecule has 1 aliphatic heterocycles. The fourth-order valence-corrected chi connectivity index (χ4v) is 6.55. The van der Waals surface area contributed by atoms with Crippen molar-refractivity contribution in [2.24, 2.45) is 0 Å². The number of halogens is 1. The first-order chi connectivity index (χ1) is 17.2. The molecule has 1 heterocycles. The highest BCUT2D eigenvalue weighted by Gasteiger charge is 2.30. The van der Waals surface area contributed by atoms with Gasteiger partial charge in [0, 0.05) is 32.7 Å². The van der Waals surface area contributed by atoms with E-state index in [1.54, 1.807) is 54.6 Å². The number of sulfonamides is 2. The predicted octanol–water partition coefficient (Wildman–Crippen LogP) is 2.87. The SMILES string of the molecule is COc1ccc(S(=O)(=O)NCCc2ccc(F)cc2)cc1N1CCN(S(=O)(=O)c2ccccc2)CC1. The fraction of sp³-hybridized carbons (Fsp3) is 0.280. The van der Waals surface area contributed by atoms with Gasteiger partial charge in [0.15, 0.2) is 0 Å². The summed E-state index contributed by atoms with van der Waals surface area (Å²) in [6.07, 6.45) is 0.417. The zero-order valence-electron chi connectivity index (χ0n) is 19.8. The van der Waals surface area contributed by atoms with Crippen LogP contribution in [-0.2, 0) is 26.5 Å². The third kappa shape index (κ3) is 5.86. The summed E-state index contributed by atoms with van der Waals surface area (Å²) in [5, 5.41) is 0. The Morgan fingerprint density at radius 1 is 0.861 bits per heavy atom. The van der Waals surface area contributed by atoms with Crippen LogP contribution in [0, 0.1) is 5.82 Å². The van der Waals surface area contributed by atoms with Gasteiger partial charge < -0.3 is 9.64 Å². The van der Waals surface area contributed by atoms with Crippen molar-refractivity contribution in [2.45, 2.75) is 16.2 Å². The summed E-state index contributed by atoms with van der Waals surface area (Å²) in [4.78, 5) is 2.25. The number of nitrogens with one attached hydrogen (secondary N) is 1. The molecule has 1 saturated heterocycles. The normalized spacial score (nSPS) is 15.1. The van der Waals surface area contributed by atoms with Gasteiger partial charge in [-0.2, -0.15) is 4.31 Å². The Labute approximate surface area is 211 Å². The van der Waals surface area contributed by atoms with E-state index in [1.807, 2.05) is 4.90 Å². The van der Waals surface area contributed by atoms with Crippen molar-refractivity contribution in [3.63, 3.8) is 0 Å². The molecule has 192 valence electrons. The van der Waals surface area contributed by atoms with Gasteiger partial charge in [0.1, 0.15) is 11.6 Å². The highest BCUT2D eigenvalue weighted by atomic mass is 32.2. The maximum absolute atomic E-state index is 13.1. The number of rotatable bonds is 9. The largest absolute Gasteiger partial charge is 0.495 e. The quantitative estimate of drug-likeness (QED) is 0.455. The lowest BCUT2D eigenvalue weighted by Gasteiger charge is -2.36. The average molecular weight is 534 g/mol. The highest BCUT2D eigenvalue weighted by Crippen LogP contribution is 2.32. The minimum Gasteiger partial charge on any atom is -0.495 e. The first kappa shape index (κ1) is 26.1. The number of nitrogens with zero attached hydrogens (tertiary/aromatic N) is 2. The number of piperazine rings is 1. The molecule has 0 amide bonds. The molecule has 4 rings (SSSR count). The molecule has 0 atom stereocenters. The Bertz CT molecular complexity index is 1390. The Hall–Kier alpha value is -2.99. The molecule has 0 aliphatic carbocycles. The number of methoxy groups -OCH3 is 1. The molecule has 1 N–H and O–H groups in total. The van der Waals surface area contributed by atoms with Gasteiger partial charge in [0.25, 0.3) is 0 Å². The predicted molar refractivity (Wildman–Crippen MR) is 136 cm³/mol. The van der Waals surface area contributed by atoms with Crippen molar-refractivity contribution in [3.8, 4) is 5.75 Å². The van der Waals surface area contributed by atoms with Crippen LogP contribution in [0.25, 0.3) is 0 Å². The van der Waals surface area contributed by atoms with E-state index in [-0.39, 0.29) is 35.2 Å². The molecule has 11 heteroatoms. The Balaban J connectivity index is 1.45. The molecular formula is C25H28FN3O5S2. The first-order valence-corrected chi connectivity index (χ1v) is 14.4. The van der Waals surface area contributed by atoms with Gasteiger partial charge in [-0.1, -0.05) is 30.3 Å². The number of benzene rings is 3. The minimum atomic E-state index is -3.81. The lowest BCUT2D eigenvalue weighted by atomic mass is 10.1. The second-order valence-electron chi connectivity index (χ2n) is 8.31. The summed E-state index contributed by atoms with van der Waals surface area (Å²) in [5.74, 6) is 0.156. The van der Waals surface area contributed by atoms with Crippen molar-refractivity contribution >= 4 is 25.7 Å². The molecule has 1 aliphatic rings. The van der Waals surface area contributed by atoms with E-state index >= 15 is 0 Å². The maximum Gasteiger partial charge on any atom is 0.243 e. The summed E-state index contributed by atoms with van der Waals surface area (Å²) < 4.78 is 74.3. The second-order valence-corrected chi connectivity index (χ2v) is 12.0. The van der Waals surface area contributed by atoms with Crippen LogP contribution in [0.1, 0.15) is 5.56 Å². The van der Waals surface area contributed by atoms with Crippen molar-refractivity contribution in [1.82, 2.24) is 9.03 Å². The van der Waals surface area contributed by atoms with Crippen molar-refractivity contribution in [2.75, 3.05) is 44.7 Å². The van der Waals surface area contributed by atoms with Crippen LogP contribution in [-0.4, -0.2) is 61.0 Å². The van der Waals surface area contributed by atoms with Crippen LogP contribution in [0.2, 0.25) is 0 Å². The Kier molecular flexibility index (Phi) is 7.94. The van der Waals surface area contributed by atoms with Gasteiger partial charge in [-0.05, 0) is 54.4 Å². The monoisotopic (exact) mass is 533 g/mol. The zero-order chi connectivity index (χ0) is 25.8. The summed E-state index contributed by atoms with van der Waals surface area (Å²) in [6, 6.07) is 18.8. The van der Waals surface area contributed by atoms with Crippen LogP contribution in [0.3, 0.4) is 0 Å². The minimum absolute atomic E-state index is 0.0803. The maximum atomic E-state index is 13.1. The number of anilines is 1. The van der Waals surface area contributed by atoms with Crippen LogP contribution >= 0.6 is 0 Å². The number of hydrogen-bond acceptors (Lipinski definition) is 6. The van der Waals surface area contributed by atoms with Gasteiger partial charge >= 0.3 is 0 Å². The smallest absolute Gasteiger partial charge is 0.243 e. The van der Waals surface area contributed by atoms with Crippen molar-refractivity contribution in [3.05, 3.63) is 84.2 Å². The molecule has 1 fully saturated rings. The number of ether oxygens (including phenoxy) is 1. The molecule has 0 radical (unpaired) electrons. The van der Waals surface area contributed by atoms with E-state index in [1.165, 1.54) is 29.6 Å². The fourth-order valence-electron chi connectivity index (χ4n) is 4.06. The van der Waals surface area contributed by atoms with Crippen LogP contribution in [0.4, 0.5) is 10.1 Å². The molecule has 36 heavy (non-hydrogen) atoms. The molecule has 3 aromatic carbocycles. The van der Waals surface area contributed by atoms with E-state index in [0.29, 0.717) is 30.9 Å². The van der Waals surface area contributed by atoms with Crippen LogP contribution < -0.4 is 14.4 Å². The Morgan fingerprint density at radius 2 is 1.53 bits per heavy atom. The molecule has 0 unspecified atom stereocenters. The van der Waals surface area contributed by atoms with Gasteiger partial charge in [-0.25, -0.2) is 25.9 Å². The highest BCUT2D eigenvalue weighted by molar-refractivity contribution is 7.89. The van der Waals surface area contributed by atoms with E-state index in [9.17, 15) is 21.2 Å². The van der Waals surface area contributed by atoms with Crippen molar-refractivity contribution in [1.29, 1.82) is 0 Å². The van der Waals surface area contributed by atoms with Gasteiger partial charge in [0.05, 0.1) is 22.6 Å². The molecule has 0 aromatic heterocycles. The molecular weight excluding hydrogens is 505 g/mol. The standard InChI is InChI=1S/C25H28FN3O5S2/c1-34-25-12-11-23(35(30,31)27-14-13-20-7-9-21(26)10-8-20)19-24(25)28-15-17-29(18-16-28)36(32,33)22-5-3-2-4-6-22/h2-12,19,27H,13-18H2,1H3. The van der Waals surface area contributed by atoms with Gasteiger partial charge in [-0.15, -0.1) is 0 Å². The average Bonchev–Trinajstić information content (AvgIpc) is 2.90.